The average Bonchev–Trinajstić information content (AvgIpc) is 2.37. The summed E-state index contributed by atoms with van der Waals surface area (Å²) in [5.74, 6) is -2.46. The summed E-state index contributed by atoms with van der Waals surface area (Å²) in [5, 5.41) is 0. The van der Waals surface area contributed by atoms with E-state index in [2.05, 4.69) is 0 Å². The number of carbonyl (C=O) groups is 1. The lowest BCUT2D eigenvalue weighted by molar-refractivity contribution is 0.103. The van der Waals surface area contributed by atoms with E-state index in [1.165, 1.54) is 7.11 Å². The Labute approximate surface area is 116 Å². The van der Waals surface area contributed by atoms with Gasteiger partial charge in [0, 0.05) is 17.7 Å². The molecule has 104 valence electrons. The van der Waals surface area contributed by atoms with E-state index in [0.717, 1.165) is 12.1 Å². The Balaban J connectivity index is 2.60. The summed E-state index contributed by atoms with van der Waals surface area (Å²) in [7, 11) is 1.31. The summed E-state index contributed by atoms with van der Waals surface area (Å²) < 4.78 is 32.7. The minimum absolute atomic E-state index is 0.0399. The number of ketones is 1. The Kier molecular flexibility index (Phi) is 3.84. The minimum atomic E-state index is -0.922. The molecule has 2 rings (SSSR count). The van der Waals surface area contributed by atoms with Crippen molar-refractivity contribution in [2.24, 2.45) is 0 Å². The predicted molar refractivity (Wildman–Crippen MR) is 72.3 cm³/mol. The lowest BCUT2D eigenvalue weighted by Gasteiger charge is -2.11. The van der Waals surface area contributed by atoms with E-state index < -0.39 is 23.0 Å². The van der Waals surface area contributed by atoms with Gasteiger partial charge in [0.1, 0.15) is 17.4 Å². The Morgan fingerprint density at radius 3 is 1.95 bits per heavy atom. The minimum Gasteiger partial charge on any atom is -0.497 e. The first-order chi connectivity index (χ1) is 9.45. The molecule has 0 fully saturated rings. The van der Waals surface area contributed by atoms with Crippen LogP contribution < -0.4 is 4.74 Å². The molecule has 0 atom stereocenters. The Morgan fingerprint density at radius 2 is 1.50 bits per heavy atom. The van der Waals surface area contributed by atoms with Crippen LogP contribution >= 0.6 is 0 Å². The Hall–Kier alpha value is -2.23. The molecule has 0 radical (unpaired) electrons. The van der Waals surface area contributed by atoms with E-state index in [1.54, 1.807) is 32.0 Å². The van der Waals surface area contributed by atoms with E-state index in [0.29, 0.717) is 16.7 Å². The van der Waals surface area contributed by atoms with Crippen molar-refractivity contribution < 1.29 is 18.3 Å². The van der Waals surface area contributed by atoms with E-state index in [4.69, 9.17) is 4.74 Å². The van der Waals surface area contributed by atoms with Crippen LogP contribution in [0.1, 0.15) is 27.0 Å². The van der Waals surface area contributed by atoms with Gasteiger partial charge in [0.2, 0.25) is 0 Å². The topological polar surface area (TPSA) is 26.3 Å². The molecule has 0 aliphatic carbocycles. The summed E-state index contributed by atoms with van der Waals surface area (Å²) in [6.45, 7) is 3.47. The maximum absolute atomic E-state index is 14.0. The van der Waals surface area contributed by atoms with E-state index in [-0.39, 0.29) is 5.75 Å². The third-order valence-electron chi connectivity index (χ3n) is 3.19. The SMILES string of the molecule is COc1cc(F)c(C(=O)c2c(C)cccc2C)c(F)c1. The number of methoxy groups -OCH3 is 1. The smallest absolute Gasteiger partial charge is 0.199 e. The third kappa shape index (κ3) is 2.41. The first-order valence-electron chi connectivity index (χ1n) is 6.09. The monoisotopic (exact) mass is 276 g/mol. The molecule has 0 saturated heterocycles. The van der Waals surface area contributed by atoms with Gasteiger partial charge in [0.15, 0.2) is 5.78 Å². The van der Waals surface area contributed by atoms with Crippen molar-refractivity contribution >= 4 is 5.78 Å². The van der Waals surface area contributed by atoms with Gasteiger partial charge >= 0.3 is 0 Å². The zero-order chi connectivity index (χ0) is 14.9. The van der Waals surface area contributed by atoms with Crippen LogP contribution in [-0.4, -0.2) is 12.9 Å². The molecule has 0 amide bonds. The highest BCUT2D eigenvalue weighted by Crippen LogP contribution is 2.25. The molecule has 0 spiro atoms. The number of halogens is 2. The van der Waals surface area contributed by atoms with Crippen LogP contribution in [0.15, 0.2) is 30.3 Å². The van der Waals surface area contributed by atoms with Gasteiger partial charge in [-0.05, 0) is 25.0 Å². The van der Waals surface area contributed by atoms with Crippen molar-refractivity contribution in [2.75, 3.05) is 7.11 Å². The number of rotatable bonds is 3. The first kappa shape index (κ1) is 14.2. The number of benzene rings is 2. The Morgan fingerprint density at radius 1 is 1.00 bits per heavy atom. The van der Waals surface area contributed by atoms with Gasteiger partial charge in [-0.15, -0.1) is 0 Å². The highest BCUT2D eigenvalue weighted by molar-refractivity contribution is 6.11. The zero-order valence-corrected chi connectivity index (χ0v) is 11.5. The molecular formula is C16H14F2O2. The molecule has 0 N–H and O–H groups in total. The molecule has 0 bridgehead atoms. The van der Waals surface area contributed by atoms with Gasteiger partial charge in [-0.2, -0.15) is 0 Å². The molecule has 0 saturated carbocycles. The normalized spacial score (nSPS) is 10.4. The lowest BCUT2D eigenvalue weighted by Crippen LogP contribution is -2.11. The summed E-state index contributed by atoms with van der Waals surface area (Å²) >= 11 is 0. The van der Waals surface area contributed by atoms with Crippen molar-refractivity contribution in [1.82, 2.24) is 0 Å². The van der Waals surface area contributed by atoms with Gasteiger partial charge in [-0.1, -0.05) is 18.2 Å². The van der Waals surface area contributed by atoms with Crippen LogP contribution in [0, 0.1) is 25.5 Å². The van der Waals surface area contributed by atoms with Crippen molar-refractivity contribution in [3.63, 3.8) is 0 Å². The fourth-order valence-corrected chi connectivity index (χ4v) is 2.18. The maximum atomic E-state index is 14.0. The van der Waals surface area contributed by atoms with Gasteiger partial charge in [0.05, 0.1) is 12.7 Å². The van der Waals surface area contributed by atoms with Gasteiger partial charge in [-0.3, -0.25) is 4.79 Å². The van der Waals surface area contributed by atoms with Crippen LogP contribution in [0.5, 0.6) is 5.75 Å². The number of ether oxygens (including phenoxy) is 1. The van der Waals surface area contributed by atoms with Crippen LogP contribution in [0.2, 0.25) is 0 Å². The van der Waals surface area contributed by atoms with Crippen LogP contribution in [0.3, 0.4) is 0 Å². The van der Waals surface area contributed by atoms with Crippen molar-refractivity contribution in [2.45, 2.75) is 13.8 Å². The van der Waals surface area contributed by atoms with E-state index >= 15 is 0 Å². The molecule has 4 heteroatoms. The number of carbonyl (C=O) groups excluding carboxylic acids is 1. The summed E-state index contributed by atoms with van der Waals surface area (Å²) in [6, 6.07) is 7.27. The fraction of sp³-hybridized carbons (Fsp3) is 0.188. The molecule has 0 aromatic heterocycles. The predicted octanol–water partition coefficient (Wildman–Crippen LogP) is 3.82. The van der Waals surface area contributed by atoms with Crippen molar-refractivity contribution in [1.29, 1.82) is 0 Å². The van der Waals surface area contributed by atoms with Crippen LogP contribution in [0.4, 0.5) is 8.78 Å². The molecular weight excluding hydrogens is 262 g/mol. The summed E-state index contributed by atoms with van der Waals surface area (Å²) in [6.07, 6.45) is 0. The largest absolute Gasteiger partial charge is 0.497 e. The summed E-state index contributed by atoms with van der Waals surface area (Å²) in [5.41, 5.74) is 1.15. The van der Waals surface area contributed by atoms with Gasteiger partial charge in [-0.25, -0.2) is 8.78 Å². The molecule has 2 aromatic rings. The lowest BCUT2D eigenvalue weighted by atomic mass is 9.94. The second kappa shape index (κ2) is 5.41. The molecule has 0 heterocycles. The standard InChI is InChI=1S/C16H14F2O2/c1-9-5-4-6-10(2)14(9)16(19)15-12(17)7-11(20-3)8-13(15)18/h4-8H,1-3H3. The fourth-order valence-electron chi connectivity index (χ4n) is 2.18. The third-order valence-corrected chi connectivity index (χ3v) is 3.19. The molecule has 20 heavy (non-hydrogen) atoms. The van der Waals surface area contributed by atoms with Crippen LogP contribution in [0.25, 0.3) is 0 Å². The molecule has 0 aliphatic rings. The number of aryl methyl sites for hydroxylation is 2. The average molecular weight is 276 g/mol. The van der Waals surface area contributed by atoms with Crippen molar-refractivity contribution in [3.8, 4) is 5.75 Å². The van der Waals surface area contributed by atoms with Crippen LogP contribution in [-0.2, 0) is 0 Å². The quantitative estimate of drug-likeness (QED) is 0.797. The molecule has 2 aromatic carbocycles. The molecule has 0 unspecified atom stereocenters. The molecule has 0 aliphatic heterocycles. The molecule has 2 nitrogen and oxygen atoms in total. The first-order valence-corrected chi connectivity index (χ1v) is 6.09. The Bertz CT molecular complexity index is 635. The zero-order valence-electron chi connectivity index (χ0n) is 11.5. The van der Waals surface area contributed by atoms with Crippen molar-refractivity contribution in [3.05, 3.63) is 64.2 Å². The van der Waals surface area contributed by atoms with Gasteiger partial charge < -0.3 is 4.74 Å². The highest BCUT2D eigenvalue weighted by Gasteiger charge is 2.23. The second-order valence-electron chi connectivity index (χ2n) is 4.56. The maximum Gasteiger partial charge on any atom is 0.199 e. The number of hydrogen-bond donors (Lipinski definition) is 0. The van der Waals surface area contributed by atoms with E-state index in [9.17, 15) is 13.6 Å². The van der Waals surface area contributed by atoms with Gasteiger partial charge in [0.25, 0.3) is 0 Å². The highest BCUT2D eigenvalue weighted by atomic mass is 19.1. The number of hydrogen-bond acceptors (Lipinski definition) is 2. The van der Waals surface area contributed by atoms with E-state index in [1.807, 2.05) is 0 Å². The second-order valence-corrected chi connectivity index (χ2v) is 4.56. The summed E-state index contributed by atoms with van der Waals surface area (Å²) in [4.78, 5) is 12.4.